The van der Waals surface area contributed by atoms with Gasteiger partial charge in [0.1, 0.15) is 11.6 Å². The molecule has 0 radical (unpaired) electrons. The van der Waals surface area contributed by atoms with Crippen LogP contribution < -0.4 is 0 Å². The molecule has 0 N–H and O–H groups in total. The van der Waals surface area contributed by atoms with Gasteiger partial charge in [-0.3, -0.25) is 9.69 Å². The third kappa shape index (κ3) is 5.96. The van der Waals surface area contributed by atoms with Crippen LogP contribution in [0.2, 0.25) is 5.02 Å². The van der Waals surface area contributed by atoms with Gasteiger partial charge < -0.3 is 9.64 Å². The highest BCUT2D eigenvalue weighted by Crippen LogP contribution is 2.25. The Morgan fingerprint density at radius 2 is 1.52 bits per heavy atom. The number of halogens is 3. The zero-order chi connectivity index (χ0) is 23.2. The minimum absolute atomic E-state index is 0.0239. The van der Waals surface area contributed by atoms with Crippen molar-refractivity contribution in [3.05, 3.63) is 106 Å². The predicted octanol–water partition coefficient (Wildman–Crippen LogP) is 5.33. The van der Waals surface area contributed by atoms with Gasteiger partial charge in [-0.2, -0.15) is 0 Å². The fraction of sp³-hybridized carbons (Fsp3) is 0.269. The summed E-state index contributed by atoms with van der Waals surface area (Å²) in [6.45, 7) is 2.91. The van der Waals surface area contributed by atoms with Gasteiger partial charge in [-0.15, -0.1) is 0 Å². The quantitative estimate of drug-likeness (QED) is 0.467. The molecule has 0 unspecified atom stereocenters. The Morgan fingerprint density at radius 1 is 0.879 bits per heavy atom. The third-order valence-electron chi connectivity index (χ3n) is 5.84. The lowest BCUT2D eigenvalue weighted by Gasteiger charge is -2.36. The van der Waals surface area contributed by atoms with Gasteiger partial charge in [0.25, 0.3) is 5.91 Å². The highest BCUT2D eigenvalue weighted by atomic mass is 35.5. The number of carbonyl (C=O) groups is 1. The van der Waals surface area contributed by atoms with E-state index in [4.69, 9.17) is 16.3 Å². The largest absolute Gasteiger partial charge is 0.367 e. The maximum atomic E-state index is 14.1. The molecule has 0 aliphatic carbocycles. The summed E-state index contributed by atoms with van der Waals surface area (Å²) in [5.74, 6) is -1.23. The Balaban J connectivity index is 1.41. The second-order valence-corrected chi connectivity index (χ2v) is 8.45. The van der Waals surface area contributed by atoms with Gasteiger partial charge in [-0.05, 0) is 42.0 Å². The molecule has 1 heterocycles. The van der Waals surface area contributed by atoms with Gasteiger partial charge in [-0.25, -0.2) is 8.78 Å². The van der Waals surface area contributed by atoms with Crippen LogP contribution in [0.1, 0.15) is 27.6 Å². The Labute approximate surface area is 197 Å². The molecular formula is C26H25ClF2N2O2. The van der Waals surface area contributed by atoms with E-state index in [1.54, 1.807) is 12.1 Å². The lowest BCUT2D eigenvalue weighted by atomic mass is 10.1. The molecule has 4 rings (SSSR count). The molecular weight excluding hydrogens is 446 g/mol. The van der Waals surface area contributed by atoms with E-state index in [0.29, 0.717) is 43.3 Å². The van der Waals surface area contributed by atoms with Crippen LogP contribution in [-0.4, -0.2) is 48.4 Å². The summed E-state index contributed by atoms with van der Waals surface area (Å²) in [5, 5.41) is 0.602. The fourth-order valence-corrected chi connectivity index (χ4v) is 4.04. The number of rotatable bonds is 7. The van der Waals surface area contributed by atoms with Crippen molar-refractivity contribution in [2.45, 2.75) is 12.7 Å². The average Bonchev–Trinajstić information content (AvgIpc) is 2.84. The van der Waals surface area contributed by atoms with Crippen molar-refractivity contribution in [2.75, 3.05) is 32.7 Å². The Hall–Kier alpha value is -2.80. The second-order valence-electron chi connectivity index (χ2n) is 8.01. The van der Waals surface area contributed by atoms with E-state index in [1.807, 2.05) is 47.4 Å². The first kappa shape index (κ1) is 23.4. The smallest absolute Gasteiger partial charge is 0.253 e. The molecule has 1 saturated heterocycles. The van der Waals surface area contributed by atoms with Gasteiger partial charge in [0.15, 0.2) is 0 Å². The summed E-state index contributed by atoms with van der Waals surface area (Å²) >= 11 is 6.03. The summed E-state index contributed by atoms with van der Waals surface area (Å²) in [6, 6.07) is 20.3. The molecule has 0 aromatic heterocycles. The SMILES string of the molecule is O=C(c1ccccc1)N1CCN(C[C@H](OCc2c(F)cccc2F)c2ccc(Cl)cc2)CC1. The average molecular weight is 471 g/mol. The molecule has 33 heavy (non-hydrogen) atoms. The molecule has 1 atom stereocenters. The molecule has 1 amide bonds. The van der Waals surface area contributed by atoms with Crippen molar-refractivity contribution in [3.8, 4) is 0 Å². The van der Waals surface area contributed by atoms with E-state index in [9.17, 15) is 13.6 Å². The summed E-state index contributed by atoms with van der Waals surface area (Å²) in [4.78, 5) is 16.8. The standard InChI is InChI=1S/C26H25ClF2N2O2/c27-21-11-9-19(10-12-21)25(33-18-22-23(28)7-4-8-24(22)29)17-30-13-15-31(16-14-30)26(32)20-5-2-1-3-6-20/h1-12,25H,13-18H2/t25-/m0/s1. The molecule has 3 aromatic carbocycles. The number of benzene rings is 3. The highest BCUT2D eigenvalue weighted by molar-refractivity contribution is 6.30. The van der Waals surface area contributed by atoms with Gasteiger partial charge >= 0.3 is 0 Å². The summed E-state index contributed by atoms with van der Waals surface area (Å²) < 4.78 is 34.2. The van der Waals surface area contributed by atoms with Crippen LogP contribution in [0.15, 0.2) is 72.8 Å². The first-order valence-corrected chi connectivity index (χ1v) is 11.3. The Kier molecular flexibility index (Phi) is 7.70. The number of ether oxygens (including phenoxy) is 1. The van der Waals surface area contributed by atoms with Crippen LogP contribution in [-0.2, 0) is 11.3 Å². The lowest BCUT2D eigenvalue weighted by molar-refractivity contribution is 0.00145. The first-order chi connectivity index (χ1) is 16.0. The first-order valence-electron chi connectivity index (χ1n) is 10.9. The van der Waals surface area contributed by atoms with Crippen molar-refractivity contribution < 1.29 is 18.3 Å². The highest BCUT2D eigenvalue weighted by Gasteiger charge is 2.25. The van der Waals surface area contributed by atoms with Crippen molar-refractivity contribution in [1.82, 2.24) is 9.80 Å². The van der Waals surface area contributed by atoms with Crippen LogP contribution in [0.5, 0.6) is 0 Å². The molecule has 1 aliphatic rings. The normalized spacial score (nSPS) is 15.4. The lowest BCUT2D eigenvalue weighted by Crippen LogP contribution is -2.49. The summed E-state index contributed by atoms with van der Waals surface area (Å²) in [7, 11) is 0. The van der Waals surface area contributed by atoms with E-state index < -0.39 is 17.7 Å². The zero-order valence-electron chi connectivity index (χ0n) is 18.1. The molecule has 7 heteroatoms. The van der Waals surface area contributed by atoms with E-state index in [0.717, 1.165) is 5.56 Å². The van der Waals surface area contributed by atoms with Gasteiger partial charge in [-0.1, -0.05) is 48.0 Å². The van der Waals surface area contributed by atoms with Crippen LogP contribution >= 0.6 is 11.6 Å². The number of amides is 1. The minimum Gasteiger partial charge on any atom is -0.367 e. The van der Waals surface area contributed by atoms with Gasteiger partial charge in [0, 0.05) is 48.9 Å². The Bertz CT molecular complexity index is 1050. The number of nitrogens with zero attached hydrogens (tertiary/aromatic N) is 2. The third-order valence-corrected chi connectivity index (χ3v) is 6.09. The van der Waals surface area contributed by atoms with E-state index in [1.165, 1.54) is 18.2 Å². The van der Waals surface area contributed by atoms with Crippen molar-refractivity contribution >= 4 is 17.5 Å². The van der Waals surface area contributed by atoms with E-state index in [-0.39, 0.29) is 18.1 Å². The minimum atomic E-state index is -0.627. The maximum Gasteiger partial charge on any atom is 0.253 e. The van der Waals surface area contributed by atoms with Crippen LogP contribution in [0.25, 0.3) is 0 Å². The number of hydrogen-bond donors (Lipinski definition) is 0. The second kappa shape index (κ2) is 10.9. The molecule has 4 nitrogen and oxygen atoms in total. The molecule has 0 saturated carbocycles. The topological polar surface area (TPSA) is 32.8 Å². The summed E-state index contributed by atoms with van der Waals surface area (Å²) in [6.07, 6.45) is -0.405. The van der Waals surface area contributed by atoms with Crippen LogP contribution in [0.3, 0.4) is 0 Å². The zero-order valence-corrected chi connectivity index (χ0v) is 18.8. The molecule has 1 fully saturated rings. The molecule has 1 aliphatic heterocycles. The molecule has 3 aromatic rings. The Morgan fingerprint density at radius 3 is 2.15 bits per heavy atom. The van der Waals surface area contributed by atoms with E-state index >= 15 is 0 Å². The number of hydrogen-bond acceptors (Lipinski definition) is 3. The van der Waals surface area contributed by atoms with E-state index in [2.05, 4.69) is 4.90 Å². The molecule has 172 valence electrons. The predicted molar refractivity (Wildman–Crippen MR) is 124 cm³/mol. The van der Waals surface area contributed by atoms with Crippen molar-refractivity contribution in [1.29, 1.82) is 0 Å². The molecule has 0 bridgehead atoms. The number of piperazine rings is 1. The van der Waals surface area contributed by atoms with Crippen LogP contribution in [0.4, 0.5) is 8.78 Å². The maximum absolute atomic E-state index is 14.1. The van der Waals surface area contributed by atoms with Gasteiger partial charge in [0.05, 0.1) is 12.7 Å². The van der Waals surface area contributed by atoms with Crippen molar-refractivity contribution in [2.24, 2.45) is 0 Å². The van der Waals surface area contributed by atoms with Crippen LogP contribution in [0, 0.1) is 11.6 Å². The van der Waals surface area contributed by atoms with Crippen molar-refractivity contribution in [3.63, 3.8) is 0 Å². The monoisotopic (exact) mass is 470 g/mol. The fourth-order valence-electron chi connectivity index (χ4n) is 3.92. The number of carbonyl (C=O) groups excluding carboxylic acids is 1. The summed E-state index contributed by atoms with van der Waals surface area (Å²) in [5.41, 5.74) is 1.47. The van der Waals surface area contributed by atoms with Gasteiger partial charge in [0.2, 0.25) is 0 Å². The molecule has 0 spiro atoms.